The summed E-state index contributed by atoms with van der Waals surface area (Å²) >= 11 is 4.48. The van der Waals surface area contributed by atoms with E-state index in [4.69, 9.17) is 0 Å². The minimum absolute atomic E-state index is 0.107. The molecule has 1 aliphatic rings. The lowest BCUT2D eigenvalue weighted by molar-refractivity contribution is -0.120. The van der Waals surface area contributed by atoms with Gasteiger partial charge in [0.25, 0.3) is 10.0 Å². The van der Waals surface area contributed by atoms with Crippen LogP contribution < -0.4 is 5.32 Å². The lowest BCUT2D eigenvalue weighted by Crippen LogP contribution is -2.41. The van der Waals surface area contributed by atoms with E-state index >= 15 is 0 Å². The lowest BCUT2D eigenvalue weighted by atomic mass is 9.97. The van der Waals surface area contributed by atoms with Crippen LogP contribution in [0, 0.1) is 5.92 Å². The standard InChI is InChI=1S/C14H17BrN4O3S2/c1-18-7-6-12(17-18)16-14(20)10-4-8-19(9-5-10)24(21,22)13-3-2-11(15)23-13/h2-3,6-7,10H,4-5,8-9H2,1H3,(H,16,17,20). The molecule has 0 aliphatic carbocycles. The Kier molecular flexibility index (Phi) is 5.09. The molecule has 0 saturated carbocycles. The van der Waals surface area contributed by atoms with Gasteiger partial charge < -0.3 is 5.32 Å². The zero-order chi connectivity index (χ0) is 17.3. The van der Waals surface area contributed by atoms with Gasteiger partial charge in [0.1, 0.15) is 4.21 Å². The molecule has 0 radical (unpaired) electrons. The Bertz CT molecular complexity index is 838. The molecule has 24 heavy (non-hydrogen) atoms. The van der Waals surface area contributed by atoms with Crippen LogP contribution in [-0.4, -0.2) is 41.5 Å². The van der Waals surface area contributed by atoms with Crippen LogP contribution in [-0.2, 0) is 21.9 Å². The minimum atomic E-state index is -3.47. The average Bonchev–Trinajstić information content (AvgIpc) is 3.16. The Labute approximate surface area is 152 Å². The molecule has 0 atom stereocenters. The van der Waals surface area contributed by atoms with E-state index in [2.05, 4.69) is 26.3 Å². The predicted octanol–water partition coefficient (Wildman–Crippen LogP) is 2.28. The number of aryl methyl sites for hydroxylation is 1. The van der Waals surface area contributed by atoms with Crippen LogP contribution in [0.1, 0.15) is 12.8 Å². The number of anilines is 1. The van der Waals surface area contributed by atoms with Gasteiger partial charge >= 0.3 is 0 Å². The molecular weight excluding hydrogens is 416 g/mol. The van der Waals surface area contributed by atoms with E-state index in [9.17, 15) is 13.2 Å². The maximum Gasteiger partial charge on any atom is 0.252 e. The summed E-state index contributed by atoms with van der Waals surface area (Å²) in [4.78, 5) is 12.3. The molecule has 7 nitrogen and oxygen atoms in total. The summed E-state index contributed by atoms with van der Waals surface area (Å²) in [6.45, 7) is 0.691. The molecule has 2 aromatic rings. The largest absolute Gasteiger partial charge is 0.309 e. The number of rotatable bonds is 4. The van der Waals surface area contributed by atoms with Gasteiger partial charge in [-0.25, -0.2) is 8.42 Å². The summed E-state index contributed by atoms with van der Waals surface area (Å²) in [5.41, 5.74) is 0. The molecule has 3 rings (SSSR count). The maximum atomic E-state index is 12.6. The number of nitrogens with one attached hydrogen (secondary N) is 1. The van der Waals surface area contributed by atoms with Gasteiger partial charge in [0.2, 0.25) is 5.91 Å². The van der Waals surface area contributed by atoms with E-state index in [-0.39, 0.29) is 11.8 Å². The van der Waals surface area contributed by atoms with Crippen LogP contribution >= 0.6 is 27.3 Å². The van der Waals surface area contributed by atoms with Crippen molar-refractivity contribution in [3.05, 3.63) is 28.2 Å². The van der Waals surface area contributed by atoms with Gasteiger partial charge in [-0.3, -0.25) is 9.48 Å². The van der Waals surface area contributed by atoms with Crippen molar-refractivity contribution in [3.8, 4) is 0 Å². The number of sulfonamides is 1. The molecule has 2 aromatic heterocycles. The number of hydrogen-bond donors (Lipinski definition) is 1. The van der Waals surface area contributed by atoms with Gasteiger partial charge in [-0.2, -0.15) is 9.40 Å². The molecule has 1 aliphatic heterocycles. The molecule has 0 bridgehead atoms. The van der Waals surface area contributed by atoms with Gasteiger partial charge in [-0.1, -0.05) is 0 Å². The van der Waals surface area contributed by atoms with Crippen molar-refractivity contribution in [2.24, 2.45) is 13.0 Å². The highest BCUT2D eigenvalue weighted by molar-refractivity contribution is 9.11. The number of halogens is 1. The number of thiophene rings is 1. The van der Waals surface area contributed by atoms with E-state index in [0.717, 1.165) is 3.79 Å². The molecule has 0 spiro atoms. The molecule has 10 heteroatoms. The molecule has 0 aromatic carbocycles. The lowest BCUT2D eigenvalue weighted by Gasteiger charge is -2.29. The number of hydrogen-bond acceptors (Lipinski definition) is 5. The second-order valence-corrected chi connectivity index (χ2v) is 10.2. The monoisotopic (exact) mass is 432 g/mol. The van der Waals surface area contributed by atoms with E-state index in [1.165, 1.54) is 15.6 Å². The van der Waals surface area contributed by atoms with Crippen LogP contribution in [0.3, 0.4) is 0 Å². The minimum Gasteiger partial charge on any atom is -0.309 e. The summed E-state index contributed by atoms with van der Waals surface area (Å²) in [6, 6.07) is 5.06. The number of piperidine rings is 1. The first kappa shape index (κ1) is 17.6. The molecule has 1 N–H and O–H groups in total. The van der Waals surface area contributed by atoms with Crippen LogP contribution in [0.15, 0.2) is 32.4 Å². The van der Waals surface area contributed by atoms with E-state index in [0.29, 0.717) is 36.0 Å². The molecular formula is C14H17BrN4O3S2. The number of aromatic nitrogens is 2. The highest BCUT2D eigenvalue weighted by Gasteiger charge is 2.33. The Hall–Kier alpha value is -1.23. The zero-order valence-electron chi connectivity index (χ0n) is 13.0. The van der Waals surface area contributed by atoms with Crippen LogP contribution in [0.25, 0.3) is 0 Å². The normalized spacial score (nSPS) is 17.1. The summed E-state index contributed by atoms with van der Waals surface area (Å²) in [7, 11) is -1.69. The van der Waals surface area contributed by atoms with E-state index < -0.39 is 10.0 Å². The van der Waals surface area contributed by atoms with Crippen LogP contribution in [0.5, 0.6) is 0 Å². The summed E-state index contributed by atoms with van der Waals surface area (Å²) < 4.78 is 29.3. The van der Waals surface area contributed by atoms with Gasteiger partial charge in [-0.15, -0.1) is 11.3 Å². The highest BCUT2D eigenvalue weighted by atomic mass is 79.9. The Morgan fingerprint density at radius 1 is 1.33 bits per heavy atom. The van der Waals surface area contributed by atoms with Crippen molar-refractivity contribution >= 4 is 49.0 Å². The number of nitrogens with zero attached hydrogens (tertiary/aromatic N) is 3. The summed E-state index contributed by atoms with van der Waals surface area (Å²) in [6.07, 6.45) is 2.76. The first-order valence-corrected chi connectivity index (χ1v) is 10.5. The van der Waals surface area contributed by atoms with Crippen molar-refractivity contribution in [1.82, 2.24) is 14.1 Å². The third-order valence-corrected chi connectivity index (χ3v) is 7.92. The van der Waals surface area contributed by atoms with Gasteiger partial charge in [0.15, 0.2) is 5.82 Å². The van der Waals surface area contributed by atoms with E-state index in [1.807, 2.05) is 0 Å². The fraction of sp³-hybridized carbons (Fsp3) is 0.429. The van der Waals surface area contributed by atoms with Crippen LogP contribution in [0.2, 0.25) is 0 Å². The topological polar surface area (TPSA) is 84.3 Å². The van der Waals surface area contributed by atoms with Crippen molar-refractivity contribution < 1.29 is 13.2 Å². The Morgan fingerprint density at radius 3 is 2.58 bits per heavy atom. The SMILES string of the molecule is Cn1ccc(NC(=O)C2CCN(S(=O)(=O)c3ccc(Br)s3)CC2)n1. The zero-order valence-corrected chi connectivity index (χ0v) is 16.2. The van der Waals surface area contributed by atoms with Crippen LogP contribution in [0.4, 0.5) is 5.82 Å². The van der Waals surface area contributed by atoms with Crippen molar-refractivity contribution in [1.29, 1.82) is 0 Å². The van der Waals surface area contributed by atoms with Crippen molar-refractivity contribution in [2.75, 3.05) is 18.4 Å². The molecule has 0 unspecified atom stereocenters. The van der Waals surface area contributed by atoms with Gasteiger partial charge in [0.05, 0.1) is 3.79 Å². The van der Waals surface area contributed by atoms with Gasteiger partial charge in [0, 0.05) is 38.3 Å². The Morgan fingerprint density at radius 2 is 2.04 bits per heavy atom. The van der Waals surface area contributed by atoms with E-state index in [1.54, 1.807) is 36.1 Å². The average molecular weight is 433 g/mol. The summed E-state index contributed by atoms with van der Waals surface area (Å²) in [5, 5.41) is 6.90. The van der Waals surface area contributed by atoms with Crippen molar-refractivity contribution in [3.63, 3.8) is 0 Å². The summed E-state index contributed by atoms with van der Waals surface area (Å²) in [5.74, 6) is 0.208. The highest BCUT2D eigenvalue weighted by Crippen LogP contribution is 2.31. The number of carbonyl (C=O) groups is 1. The smallest absolute Gasteiger partial charge is 0.252 e. The quantitative estimate of drug-likeness (QED) is 0.802. The molecule has 130 valence electrons. The third-order valence-electron chi connectivity index (χ3n) is 3.93. The molecule has 3 heterocycles. The maximum absolute atomic E-state index is 12.6. The first-order valence-electron chi connectivity index (χ1n) is 7.42. The second kappa shape index (κ2) is 6.95. The number of amides is 1. The number of carbonyl (C=O) groups excluding carboxylic acids is 1. The molecule has 1 fully saturated rings. The Balaban J connectivity index is 1.60. The fourth-order valence-corrected chi connectivity index (χ4v) is 6.27. The molecule has 1 amide bonds. The fourth-order valence-electron chi connectivity index (χ4n) is 2.63. The molecule has 1 saturated heterocycles. The van der Waals surface area contributed by atoms with Gasteiger partial charge in [-0.05, 0) is 40.9 Å². The predicted molar refractivity (Wildman–Crippen MR) is 95.3 cm³/mol. The van der Waals surface area contributed by atoms with Crippen molar-refractivity contribution in [2.45, 2.75) is 17.1 Å². The second-order valence-electron chi connectivity index (χ2n) is 5.60. The third kappa shape index (κ3) is 3.71. The first-order chi connectivity index (χ1) is 11.4.